The molecule has 0 aromatic carbocycles. The highest BCUT2D eigenvalue weighted by molar-refractivity contribution is 7.58. The summed E-state index contributed by atoms with van der Waals surface area (Å²) in [6.07, 6.45) is 37.4. The van der Waals surface area contributed by atoms with Crippen LogP contribution in [0, 0.1) is 0 Å². The lowest BCUT2D eigenvalue weighted by molar-refractivity contribution is -0.884. The van der Waals surface area contributed by atoms with Crippen molar-refractivity contribution in [3.63, 3.8) is 0 Å². The van der Waals surface area contributed by atoms with Crippen molar-refractivity contribution in [2.24, 2.45) is 0 Å². The molecule has 0 fully saturated rings. The van der Waals surface area contributed by atoms with Crippen molar-refractivity contribution < 1.29 is 14.4 Å². The molecule has 4 heteroatoms. The maximum Gasteiger partial charge on any atom is 0.0779 e. The molecule has 0 spiro atoms. The molecule has 0 aliphatic carbocycles. The van der Waals surface area contributed by atoms with Crippen LogP contribution in [0.1, 0.15) is 200 Å². The molecule has 41 heavy (non-hydrogen) atoms. The van der Waals surface area contributed by atoms with E-state index < -0.39 is 0 Å². The van der Waals surface area contributed by atoms with Gasteiger partial charge >= 0.3 is 0 Å². The Hall–Kier alpha value is 0.0200. The van der Waals surface area contributed by atoms with Crippen molar-refractivity contribution in [3.8, 4) is 0 Å². The van der Waals surface area contributed by atoms with Crippen molar-refractivity contribution in [1.82, 2.24) is 0 Å². The van der Waals surface area contributed by atoms with Crippen molar-refractivity contribution in [3.05, 3.63) is 0 Å². The minimum Gasteiger partial charge on any atom is -0.397 e. The van der Waals surface area contributed by atoms with Crippen LogP contribution in [0.15, 0.2) is 0 Å². The first-order chi connectivity index (χ1) is 19.8. The summed E-state index contributed by atoms with van der Waals surface area (Å²) in [5.74, 6) is -0.00792. The van der Waals surface area contributed by atoms with Crippen molar-refractivity contribution in [2.75, 3.05) is 21.1 Å². The van der Waals surface area contributed by atoms with Gasteiger partial charge in [-0.3, -0.25) is 0 Å². The number of hydrogen-bond acceptors (Lipinski definition) is 2. The lowest BCUT2D eigenvalue weighted by atomic mass is 10.0. The summed E-state index contributed by atoms with van der Waals surface area (Å²) < 4.78 is 0.658. The minimum absolute atomic E-state index is 0.00792. The molecular formula is C37H76NO2P. The van der Waals surface area contributed by atoms with Crippen LogP contribution in [0.3, 0.4) is 0 Å². The predicted octanol–water partition coefficient (Wildman–Crippen LogP) is 12.2. The maximum atomic E-state index is 12.8. The van der Waals surface area contributed by atoms with E-state index in [0.717, 1.165) is 27.8 Å². The van der Waals surface area contributed by atoms with E-state index in [1.165, 1.54) is 161 Å². The Morgan fingerprint density at radius 3 is 1.12 bits per heavy atom. The zero-order chi connectivity index (χ0) is 30.4. The van der Waals surface area contributed by atoms with Crippen LogP contribution in [-0.2, 0) is 4.79 Å². The Kier molecular flexibility index (Phi) is 30.1. The van der Waals surface area contributed by atoms with Gasteiger partial charge in [-0.15, -0.1) is 0 Å². The molecular weight excluding hydrogens is 521 g/mol. The van der Waals surface area contributed by atoms with E-state index in [4.69, 9.17) is 0 Å². The fraction of sp³-hybridized carbons (Fsp3) is 0.973. The largest absolute Gasteiger partial charge is 0.397 e. The van der Waals surface area contributed by atoms with Crippen LogP contribution in [0.2, 0.25) is 0 Å². The quantitative estimate of drug-likeness (QED) is 0.0464. The third-order valence-corrected chi connectivity index (χ3v) is 10.6. The summed E-state index contributed by atoms with van der Waals surface area (Å²) in [5, 5.41) is 11.0. The van der Waals surface area contributed by atoms with Gasteiger partial charge in [0.05, 0.1) is 27.2 Å². The zero-order valence-corrected chi connectivity index (χ0v) is 29.8. The van der Waals surface area contributed by atoms with Gasteiger partial charge in [-0.05, 0) is 30.6 Å². The number of carbonyl (C=O) groups is 1. The first-order valence-corrected chi connectivity index (χ1v) is 19.5. The molecule has 0 rings (SSSR count). The smallest absolute Gasteiger partial charge is 0.0779 e. The minimum atomic E-state index is -0.385. The normalized spacial score (nSPS) is 13.8. The first-order valence-electron chi connectivity index (χ1n) is 18.6. The third-order valence-electron chi connectivity index (χ3n) is 8.76. The lowest BCUT2D eigenvalue weighted by Crippen LogP contribution is -2.49. The SMILES string of the molecule is CCCCCCCCCCCCCCCCC(O)C([P-]C(=O)CCCCCCCCCCCCCCC)[N+](C)(C)C. The summed E-state index contributed by atoms with van der Waals surface area (Å²) >= 11 is 0. The highest BCUT2D eigenvalue weighted by atomic mass is 31.1. The summed E-state index contributed by atoms with van der Waals surface area (Å²) in [5.41, 5.74) is 0.325. The number of aliphatic hydroxyl groups is 1. The van der Waals surface area contributed by atoms with Crippen molar-refractivity contribution in [2.45, 2.75) is 212 Å². The molecule has 246 valence electrons. The van der Waals surface area contributed by atoms with Gasteiger partial charge in [-0.25, -0.2) is 0 Å². The Morgan fingerprint density at radius 1 is 0.512 bits per heavy atom. The molecule has 0 radical (unpaired) electrons. The van der Waals surface area contributed by atoms with E-state index in [1.807, 2.05) is 0 Å². The fourth-order valence-corrected chi connectivity index (χ4v) is 7.23. The van der Waals surface area contributed by atoms with Gasteiger partial charge < -0.3 is 23.0 Å². The molecule has 0 aliphatic rings. The molecule has 0 bridgehead atoms. The van der Waals surface area contributed by atoms with Crippen LogP contribution >= 0.6 is 8.58 Å². The number of likely N-dealkylation sites (N-methyl/N-ethyl adjacent to an activating group) is 1. The topological polar surface area (TPSA) is 37.3 Å². The summed E-state index contributed by atoms with van der Waals surface area (Å²) in [6.45, 7) is 4.57. The number of carbonyl (C=O) groups excluding carboxylic acids is 1. The monoisotopic (exact) mass is 598 g/mol. The van der Waals surface area contributed by atoms with E-state index in [-0.39, 0.29) is 11.9 Å². The number of quaternary nitrogens is 1. The zero-order valence-electron chi connectivity index (χ0n) is 28.9. The molecule has 0 aromatic heterocycles. The molecule has 0 saturated carbocycles. The van der Waals surface area contributed by atoms with Crippen molar-refractivity contribution in [1.29, 1.82) is 0 Å². The number of hydrogen-bond donors (Lipinski definition) is 1. The van der Waals surface area contributed by atoms with Gasteiger partial charge in [-0.2, -0.15) is 0 Å². The molecule has 0 saturated heterocycles. The Labute approximate surface area is 261 Å². The molecule has 3 nitrogen and oxygen atoms in total. The number of unbranched alkanes of at least 4 members (excludes halogenated alkanes) is 25. The molecule has 2 atom stereocenters. The summed E-state index contributed by atoms with van der Waals surface area (Å²) in [6, 6.07) is 0. The highest BCUT2D eigenvalue weighted by Crippen LogP contribution is 2.32. The standard InChI is InChI=1S/C37H76NO2P/c1-6-8-10-12-14-16-18-20-22-23-25-27-29-31-33-35(39)37(38(3,4)5)41-36(40)34-32-30-28-26-24-21-19-17-15-13-11-9-7-2/h35,37,39H,6-34H2,1-5H3. The van der Waals surface area contributed by atoms with E-state index in [9.17, 15) is 9.90 Å². The second-order valence-corrected chi connectivity index (χ2v) is 15.3. The summed E-state index contributed by atoms with van der Waals surface area (Å²) in [7, 11) is 7.21. The first kappa shape index (κ1) is 41.0. The number of nitrogens with zero attached hydrogens (tertiary/aromatic N) is 1. The molecule has 1 N–H and O–H groups in total. The van der Waals surface area contributed by atoms with Gasteiger partial charge in [0.15, 0.2) is 0 Å². The van der Waals surface area contributed by atoms with Gasteiger partial charge in [0.2, 0.25) is 0 Å². The van der Waals surface area contributed by atoms with Crippen LogP contribution in [0.25, 0.3) is 0 Å². The average molecular weight is 598 g/mol. The van der Waals surface area contributed by atoms with Crippen molar-refractivity contribution >= 4 is 14.1 Å². The Morgan fingerprint density at radius 2 is 0.805 bits per heavy atom. The van der Waals surface area contributed by atoms with Gasteiger partial charge in [0, 0.05) is 0 Å². The molecule has 0 amide bonds. The molecule has 0 heterocycles. The Bertz CT molecular complexity index is 548. The average Bonchev–Trinajstić information content (AvgIpc) is 2.93. The van der Waals surface area contributed by atoms with E-state index in [1.54, 1.807) is 0 Å². The van der Waals surface area contributed by atoms with Gasteiger partial charge in [0.1, 0.15) is 0 Å². The Balaban J connectivity index is 3.80. The van der Waals surface area contributed by atoms with Crippen LogP contribution in [0.5, 0.6) is 0 Å². The molecule has 0 aromatic rings. The van der Waals surface area contributed by atoms with Gasteiger partial charge in [0.25, 0.3) is 0 Å². The molecule has 2 unspecified atom stereocenters. The second kappa shape index (κ2) is 30.1. The van der Waals surface area contributed by atoms with E-state index in [2.05, 4.69) is 35.0 Å². The predicted molar refractivity (Wildman–Crippen MR) is 185 cm³/mol. The highest BCUT2D eigenvalue weighted by Gasteiger charge is 2.23. The van der Waals surface area contributed by atoms with Crippen LogP contribution in [0.4, 0.5) is 0 Å². The van der Waals surface area contributed by atoms with Gasteiger partial charge in [-0.1, -0.05) is 181 Å². The summed E-state index contributed by atoms with van der Waals surface area (Å²) in [4.78, 5) is 12.8. The lowest BCUT2D eigenvalue weighted by Gasteiger charge is -2.45. The number of aliphatic hydroxyl groups excluding tert-OH is 1. The number of rotatable bonds is 33. The van der Waals surface area contributed by atoms with E-state index >= 15 is 0 Å². The van der Waals surface area contributed by atoms with Crippen LogP contribution in [-0.4, -0.2) is 48.1 Å². The molecule has 0 aliphatic heterocycles. The maximum absolute atomic E-state index is 12.8. The van der Waals surface area contributed by atoms with Crippen LogP contribution < -0.4 is 0 Å². The third kappa shape index (κ3) is 28.5. The second-order valence-electron chi connectivity index (χ2n) is 14.0. The fourth-order valence-electron chi connectivity index (χ4n) is 5.98. The van der Waals surface area contributed by atoms with E-state index in [0.29, 0.717) is 16.4 Å².